The lowest BCUT2D eigenvalue weighted by molar-refractivity contribution is -0.275. The zero-order valence-corrected chi connectivity index (χ0v) is 11.0. The van der Waals surface area contributed by atoms with Gasteiger partial charge in [-0.1, -0.05) is 6.07 Å². The normalized spacial score (nSPS) is 12.9. The fourth-order valence-electron chi connectivity index (χ4n) is 1.40. The van der Waals surface area contributed by atoms with E-state index in [1.54, 1.807) is 6.92 Å². The van der Waals surface area contributed by atoms with Gasteiger partial charge in [-0.25, -0.2) is 0 Å². The monoisotopic (exact) mass is 296 g/mol. The summed E-state index contributed by atoms with van der Waals surface area (Å²) in [6.45, 7) is 3.06. The van der Waals surface area contributed by atoms with E-state index in [-0.39, 0.29) is 23.7 Å². The van der Waals surface area contributed by atoms with Gasteiger partial charge < -0.3 is 9.47 Å². The zero-order valence-electron chi connectivity index (χ0n) is 10.3. The molecule has 1 aromatic carbocycles. The van der Waals surface area contributed by atoms with Crippen LogP contribution in [0.25, 0.3) is 0 Å². The third-order valence-corrected chi connectivity index (χ3v) is 2.70. The van der Waals surface area contributed by atoms with Gasteiger partial charge in [0.25, 0.3) is 0 Å². The highest BCUT2D eigenvalue weighted by molar-refractivity contribution is 6.30. The van der Waals surface area contributed by atoms with E-state index in [2.05, 4.69) is 4.74 Å². The topological polar surface area (TPSA) is 35.5 Å². The molecule has 1 rings (SSSR count). The number of carbonyl (C=O) groups is 1. The molecule has 19 heavy (non-hydrogen) atoms. The first kappa shape index (κ1) is 15.6. The Labute approximate surface area is 113 Å². The number of halogens is 4. The van der Waals surface area contributed by atoms with E-state index in [9.17, 15) is 18.0 Å². The highest BCUT2D eigenvalue weighted by atomic mass is 35.5. The molecular weight excluding hydrogens is 285 g/mol. The quantitative estimate of drug-likeness (QED) is 0.774. The lowest BCUT2D eigenvalue weighted by Gasteiger charge is -2.15. The molecule has 0 bridgehead atoms. The maximum absolute atomic E-state index is 12.3. The molecule has 0 N–H and O–H groups in total. The summed E-state index contributed by atoms with van der Waals surface area (Å²) in [6, 6.07) is 3.77. The lowest BCUT2D eigenvalue weighted by atomic mass is 10.1. The van der Waals surface area contributed by atoms with Gasteiger partial charge in [-0.15, -0.1) is 24.8 Å². The number of hydrogen-bond acceptors (Lipinski definition) is 3. The van der Waals surface area contributed by atoms with Gasteiger partial charge in [-0.05, 0) is 31.5 Å². The Balaban J connectivity index is 3.14. The van der Waals surface area contributed by atoms with E-state index in [0.29, 0.717) is 0 Å². The summed E-state index contributed by atoms with van der Waals surface area (Å²) in [5, 5.41) is -1.02. The predicted octanol–water partition coefficient (Wildman–Crippen LogP) is 3.85. The largest absolute Gasteiger partial charge is 0.573 e. The second-order valence-corrected chi connectivity index (χ2v) is 4.10. The first-order chi connectivity index (χ1) is 8.74. The fraction of sp³-hybridized carbons (Fsp3) is 0.417. The van der Waals surface area contributed by atoms with Gasteiger partial charge in [0.2, 0.25) is 0 Å². The second-order valence-electron chi connectivity index (χ2n) is 3.66. The average Bonchev–Trinajstić information content (AvgIpc) is 2.28. The molecule has 106 valence electrons. The van der Waals surface area contributed by atoms with Crippen molar-refractivity contribution in [1.82, 2.24) is 0 Å². The third kappa shape index (κ3) is 4.63. The summed E-state index contributed by atoms with van der Waals surface area (Å²) >= 11 is 5.79. The minimum Gasteiger partial charge on any atom is -0.490 e. The fourth-order valence-corrected chi connectivity index (χ4v) is 1.53. The van der Waals surface area contributed by atoms with Crippen molar-refractivity contribution >= 4 is 17.4 Å². The summed E-state index contributed by atoms with van der Waals surface area (Å²) in [5.74, 6) is -0.946. The van der Waals surface area contributed by atoms with Crippen molar-refractivity contribution in [3.8, 4) is 11.5 Å². The van der Waals surface area contributed by atoms with E-state index in [1.165, 1.54) is 19.1 Å². The molecule has 1 atom stereocenters. The van der Waals surface area contributed by atoms with Crippen LogP contribution in [0.4, 0.5) is 13.2 Å². The van der Waals surface area contributed by atoms with Crippen molar-refractivity contribution < 1.29 is 27.4 Å². The second kappa shape index (κ2) is 6.14. The van der Waals surface area contributed by atoms with Crippen LogP contribution in [0.3, 0.4) is 0 Å². The lowest BCUT2D eigenvalue weighted by Crippen LogP contribution is -2.18. The third-order valence-electron chi connectivity index (χ3n) is 2.14. The van der Waals surface area contributed by atoms with E-state index < -0.39 is 17.5 Å². The molecule has 0 aliphatic carbocycles. The Morgan fingerprint density at radius 3 is 2.47 bits per heavy atom. The molecule has 7 heteroatoms. The zero-order chi connectivity index (χ0) is 14.6. The van der Waals surface area contributed by atoms with Gasteiger partial charge in [-0.3, -0.25) is 4.79 Å². The number of carbonyl (C=O) groups excluding carboxylic acids is 1. The van der Waals surface area contributed by atoms with Gasteiger partial charge in [0.1, 0.15) is 5.38 Å². The Bertz CT molecular complexity index is 460. The van der Waals surface area contributed by atoms with E-state index >= 15 is 0 Å². The van der Waals surface area contributed by atoms with Crippen molar-refractivity contribution in [3.05, 3.63) is 23.8 Å². The summed E-state index contributed by atoms with van der Waals surface area (Å²) in [6.07, 6.45) is -4.84. The molecule has 0 aliphatic heterocycles. The van der Waals surface area contributed by atoms with Crippen molar-refractivity contribution in [2.75, 3.05) is 6.61 Å². The number of alkyl halides is 4. The number of Topliss-reactive ketones (excluding diaryl/α,β-unsaturated/α-hetero) is 1. The van der Waals surface area contributed by atoms with Crippen LogP contribution in [-0.4, -0.2) is 18.8 Å². The minimum atomic E-state index is -4.84. The number of ether oxygens (including phenoxy) is 2. The number of hydrogen-bond donors (Lipinski definition) is 0. The van der Waals surface area contributed by atoms with Crippen LogP contribution >= 0.6 is 11.6 Å². The van der Waals surface area contributed by atoms with Crippen LogP contribution in [0.15, 0.2) is 18.2 Å². The molecule has 3 nitrogen and oxygen atoms in total. The van der Waals surface area contributed by atoms with Crippen LogP contribution in [-0.2, 0) is 4.79 Å². The SMILES string of the molecule is CCOc1ccc(C(Cl)C(C)=O)cc1OC(F)(F)F. The standard InChI is InChI=1S/C12H12ClF3O3/c1-3-18-9-5-4-8(11(13)7(2)17)6-10(9)19-12(14,15)16/h4-6,11H,3H2,1-2H3. The van der Waals surface area contributed by atoms with Crippen LogP contribution in [0, 0.1) is 0 Å². The highest BCUT2D eigenvalue weighted by Crippen LogP contribution is 2.36. The minimum absolute atomic E-state index is 0.0593. The summed E-state index contributed by atoms with van der Waals surface area (Å²) in [7, 11) is 0. The molecule has 1 aromatic rings. The van der Waals surface area contributed by atoms with Crippen LogP contribution in [0.5, 0.6) is 11.5 Å². The maximum atomic E-state index is 12.3. The van der Waals surface area contributed by atoms with Crippen LogP contribution in [0.2, 0.25) is 0 Å². The Morgan fingerprint density at radius 1 is 1.37 bits per heavy atom. The highest BCUT2D eigenvalue weighted by Gasteiger charge is 2.33. The van der Waals surface area contributed by atoms with E-state index in [4.69, 9.17) is 16.3 Å². The number of benzene rings is 1. The first-order valence-electron chi connectivity index (χ1n) is 5.41. The molecule has 0 saturated heterocycles. The molecule has 0 saturated carbocycles. The van der Waals surface area contributed by atoms with Gasteiger partial charge in [0.15, 0.2) is 17.3 Å². The Kier molecular flexibility index (Phi) is 5.05. The van der Waals surface area contributed by atoms with Gasteiger partial charge in [0, 0.05) is 0 Å². The van der Waals surface area contributed by atoms with Gasteiger partial charge >= 0.3 is 6.36 Å². The van der Waals surface area contributed by atoms with Gasteiger partial charge in [0.05, 0.1) is 6.61 Å². The summed E-state index contributed by atoms with van der Waals surface area (Å²) in [4.78, 5) is 11.1. The predicted molar refractivity (Wildman–Crippen MR) is 63.6 cm³/mol. The smallest absolute Gasteiger partial charge is 0.490 e. The molecule has 0 fully saturated rings. The van der Waals surface area contributed by atoms with Crippen molar-refractivity contribution in [3.63, 3.8) is 0 Å². The molecule has 0 radical (unpaired) electrons. The molecular formula is C12H12ClF3O3. The maximum Gasteiger partial charge on any atom is 0.573 e. The molecule has 0 amide bonds. The molecule has 0 aliphatic rings. The van der Waals surface area contributed by atoms with Crippen molar-refractivity contribution in [2.24, 2.45) is 0 Å². The molecule has 0 aromatic heterocycles. The van der Waals surface area contributed by atoms with Crippen molar-refractivity contribution in [2.45, 2.75) is 25.6 Å². The van der Waals surface area contributed by atoms with E-state index in [0.717, 1.165) is 6.07 Å². The van der Waals surface area contributed by atoms with Crippen LogP contribution in [0.1, 0.15) is 24.8 Å². The molecule has 1 unspecified atom stereocenters. The molecule has 0 heterocycles. The Hall–Kier alpha value is -1.43. The number of ketones is 1. The summed E-state index contributed by atoms with van der Waals surface area (Å²) in [5.41, 5.74) is 0.219. The average molecular weight is 297 g/mol. The molecule has 0 spiro atoms. The van der Waals surface area contributed by atoms with Crippen molar-refractivity contribution in [1.29, 1.82) is 0 Å². The first-order valence-corrected chi connectivity index (χ1v) is 5.85. The Morgan fingerprint density at radius 2 is 2.00 bits per heavy atom. The van der Waals surface area contributed by atoms with Crippen LogP contribution < -0.4 is 9.47 Å². The summed E-state index contributed by atoms with van der Waals surface area (Å²) < 4.78 is 45.7. The van der Waals surface area contributed by atoms with Gasteiger partial charge in [-0.2, -0.15) is 0 Å². The van der Waals surface area contributed by atoms with E-state index in [1.807, 2.05) is 0 Å². The number of rotatable bonds is 5.